The molecule has 2 heteroatoms. The Morgan fingerprint density at radius 2 is 1.87 bits per heavy atom. The number of nitrogens with one attached hydrogen (secondary N) is 1. The topological polar surface area (TPSA) is 15.3 Å². The molecule has 1 N–H and O–H groups in total. The highest BCUT2D eigenvalue weighted by Crippen LogP contribution is 2.30. The lowest BCUT2D eigenvalue weighted by Crippen LogP contribution is -2.54. The van der Waals surface area contributed by atoms with Crippen molar-refractivity contribution in [3.63, 3.8) is 0 Å². The molecule has 2 saturated heterocycles. The Morgan fingerprint density at radius 1 is 1.20 bits per heavy atom. The average molecular weight is 210 g/mol. The zero-order valence-electron chi connectivity index (χ0n) is 10.5. The van der Waals surface area contributed by atoms with Crippen LogP contribution in [0.2, 0.25) is 0 Å². The normalized spacial score (nSPS) is 43.4. The van der Waals surface area contributed by atoms with Crippen LogP contribution < -0.4 is 5.32 Å². The van der Waals surface area contributed by atoms with Crippen molar-refractivity contribution in [2.24, 2.45) is 11.8 Å². The molecular formula is C13H26N2. The van der Waals surface area contributed by atoms with E-state index in [-0.39, 0.29) is 0 Å². The second-order valence-corrected chi connectivity index (χ2v) is 5.55. The molecule has 3 unspecified atom stereocenters. The molecule has 0 saturated carbocycles. The van der Waals surface area contributed by atoms with Crippen molar-refractivity contribution >= 4 is 0 Å². The Morgan fingerprint density at radius 3 is 2.47 bits per heavy atom. The maximum absolute atomic E-state index is 3.54. The summed E-state index contributed by atoms with van der Waals surface area (Å²) in [4.78, 5) is 2.82. The van der Waals surface area contributed by atoms with E-state index in [1.54, 1.807) is 0 Å². The van der Waals surface area contributed by atoms with E-state index in [0.29, 0.717) is 0 Å². The van der Waals surface area contributed by atoms with Crippen LogP contribution in [0.4, 0.5) is 0 Å². The van der Waals surface area contributed by atoms with Crippen molar-refractivity contribution in [2.45, 2.75) is 52.1 Å². The minimum Gasteiger partial charge on any atom is -0.316 e. The SMILES string of the molecule is CCC1CCCN1C1C(C)CNCC1C. The van der Waals surface area contributed by atoms with Crippen LogP contribution in [0.5, 0.6) is 0 Å². The zero-order chi connectivity index (χ0) is 10.8. The van der Waals surface area contributed by atoms with Crippen molar-refractivity contribution in [3.8, 4) is 0 Å². The Labute approximate surface area is 94.4 Å². The quantitative estimate of drug-likeness (QED) is 0.751. The van der Waals surface area contributed by atoms with Gasteiger partial charge in [0.1, 0.15) is 0 Å². The molecule has 0 bridgehead atoms. The first-order chi connectivity index (χ1) is 7.24. The number of hydrogen-bond donors (Lipinski definition) is 1. The molecule has 2 aliphatic rings. The van der Waals surface area contributed by atoms with Crippen LogP contribution in [0, 0.1) is 11.8 Å². The molecule has 15 heavy (non-hydrogen) atoms. The highest BCUT2D eigenvalue weighted by molar-refractivity contribution is 4.92. The van der Waals surface area contributed by atoms with E-state index in [2.05, 4.69) is 31.0 Å². The van der Waals surface area contributed by atoms with Crippen LogP contribution in [0.15, 0.2) is 0 Å². The van der Waals surface area contributed by atoms with Gasteiger partial charge in [-0.25, -0.2) is 0 Å². The van der Waals surface area contributed by atoms with Crippen molar-refractivity contribution in [1.29, 1.82) is 0 Å². The molecule has 0 spiro atoms. The molecule has 2 heterocycles. The molecule has 0 radical (unpaired) electrons. The van der Waals surface area contributed by atoms with Crippen LogP contribution in [-0.2, 0) is 0 Å². The maximum atomic E-state index is 3.54. The fourth-order valence-corrected chi connectivity index (χ4v) is 3.68. The van der Waals surface area contributed by atoms with Crippen LogP contribution in [0.1, 0.15) is 40.0 Å². The van der Waals surface area contributed by atoms with Crippen LogP contribution in [0.25, 0.3) is 0 Å². The largest absolute Gasteiger partial charge is 0.316 e. The summed E-state index contributed by atoms with van der Waals surface area (Å²) in [5, 5.41) is 3.54. The third kappa shape index (κ3) is 2.21. The molecule has 2 aliphatic heterocycles. The molecule has 0 amide bonds. The second-order valence-electron chi connectivity index (χ2n) is 5.55. The highest BCUT2D eigenvalue weighted by atomic mass is 15.2. The Kier molecular flexibility index (Phi) is 3.68. The third-order valence-electron chi connectivity index (χ3n) is 4.38. The molecule has 0 aliphatic carbocycles. The molecule has 0 aromatic heterocycles. The van der Waals surface area contributed by atoms with E-state index >= 15 is 0 Å². The van der Waals surface area contributed by atoms with E-state index < -0.39 is 0 Å². The van der Waals surface area contributed by atoms with E-state index in [4.69, 9.17) is 0 Å². The Bertz CT molecular complexity index is 195. The van der Waals surface area contributed by atoms with Gasteiger partial charge in [-0.05, 0) is 50.7 Å². The van der Waals surface area contributed by atoms with Crippen LogP contribution in [0.3, 0.4) is 0 Å². The molecule has 3 atom stereocenters. The van der Waals surface area contributed by atoms with Crippen LogP contribution in [-0.4, -0.2) is 36.6 Å². The van der Waals surface area contributed by atoms with Gasteiger partial charge in [0.15, 0.2) is 0 Å². The highest BCUT2D eigenvalue weighted by Gasteiger charge is 2.37. The van der Waals surface area contributed by atoms with E-state index in [0.717, 1.165) is 23.9 Å². The number of piperidine rings is 1. The fraction of sp³-hybridized carbons (Fsp3) is 1.00. The van der Waals surface area contributed by atoms with Gasteiger partial charge in [0.2, 0.25) is 0 Å². The fourth-order valence-electron chi connectivity index (χ4n) is 3.68. The van der Waals surface area contributed by atoms with Crippen molar-refractivity contribution in [2.75, 3.05) is 19.6 Å². The van der Waals surface area contributed by atoms with E-state index in [9.17, 15) is 0 Å². The number of hydrogen-bond acceptors (Lipinski definition) is 2. The van der Waals surface area contributed by atoms with Crippen molar-refractivity contribution in [3.05, 3.63) is 0 Å². The van der Waals surface area contributed by atoms with Crippen LogP contribution >= 0.6 is 0 Å². The van der Waals surface area contributed by atoms with Gasteiger partial charge >= 0.3 is 0 Å². The summed E-state index contributed by atoms with van der Waals surface area (Å²) in [5.41, 5.74) is 0. The summed E-state index contributed by atoms with van der Waals surface area (Å²) in [6, 6.07) is 1.71. The van der Waals surface area contributed by atoms with Crippen molar-refractivity contribution in [1.82, 2.24) is 10.2 Å². The first-order valence-corrected chi connectivity index (χ1v) is 6.70. The molecule has 88 valence electrons. The first-order valence-electron chi connectivity index (χ1n) is 6.70. The lowest BCUT2D eigenvalue weighted by molar-refractivity contribution is 0.0670. The van der Waals surface area contributed by atoms with Gasteiger partial charge in [0.25, 0.3) is 0 Å². The predicted octanol–water partition coefficient (Wildman–Crippen LogP) is 2.10. The summed E-state index contributed by atoms with van der Waals surface area (Å²) >= 11 is 0. The minimum absolute atomic E-state index is 0.820. The summed E-state index contributed by atoms with van der Waals surface area (Å²) < 4.78 is 0. The molecule has 0 aromatic carbocycles. The minimum atomic E-state index is 0.820. The smallest absolute Gasteiger partial charge is 0.0174 e. The van der Waals surface area contributed by atoms with Gasteiger partial charge in [0.05, 0.1) is 0 Å². The molecular weight excluding hydrogens is 184 g/mol. The Hall–Kier alpha value is -0.0800. The number of rotatable bonds is 2. The second kappa shape index (κ2) is 4.84. The van der Waals surface area contributed by atoms with Gasteiger partial charge in [-0.3, -0.25) is 4.90 Å². The van der Waals surface area contributed by atoms with Crippen molar-refractivity contribution < 1.29 is 0 Å². The summed E-state index contributed by atoms with van der Waals surface area (Å²) in [6.45, 7) is 10.9. The zero-order valence-corrected chi connectivity index (χ0v) is 10.5. The lowest BCUT2D eigenvalue weighted by Gasteiger charge is -2.43. The summed E-state index contributed by atoms with van der Waals surface area (Å²) in [5.74, 6) is 1.64. The lowest BCUT2D eigenvalue weighted by atomic mass is 9.85. The van der Waals surface area contributed by atoms with Gasteiger partial charge in [-0.2, -0.15) is 0 Å². The maximum Gasteiger partial charge on any atom is 0.0174 e. The third-order valence-corrected chi connectivity index (χ3v) is 4.38. The molecule has 0 aromatic rings. The van der Waals surface area contributed by atoms with Gasteiger partial charge in [0, 0.05) is 12.1 Å². The standard InChI is InChI=1S/C13H26N2/c1-4-12-6-5-7-15(12)13-10(2)8-14-9-11(13)3/h10-14H,4-9H2,1-3H3. The van der Waals surface area contributed by atoms with Gasteiger partial charge in [-0.1, -0.05) is 20.8 Å². The van der Waals surface area contributed by atoms with Gasteiger partial charge in [-0.15, -0.1) is 0 Å². The molecule has 2 rings (SSSR count). The molecule has 2 fully saturated rings. The summed E-state index contributed by atoms with van der Waals surface area (Å²) in [7, 11) is 0. The summed E-state index contributed by atoms with van der Waals surface area (Å²) in [6.07, 6.45) is 4.19. The Balaban J connectivity index is 2.06. The number of nitrogens with zero attached hydrogens (tertiary/aromatic N) is 1. The van der Waals surface area contributed by atoms with E-state index in [1.807, 2.05) is 0 Å². The predicted molar refractivity (Wildman–Crippen MR) is 65.0 cm³/mol. The average Bonchev–Trinajstić information content (AvgIpc) is 2.65. The number of likely N-dealkylation sites (tertiary alicyclic amines) is 1. The monoisotopic (exact) mass is 210 g/mol. The van der Waals surface area contributed by atoms with Gasteiger partial charge < -0.3 is 5.32 Å². The first kappa shape index (κ1) is 11.4. The van der Waals surface area contributed by atoms with E-state index in [1.165, 1.54) is 38.9 Å². The molecule has 2 nitrogen and oxygen atoms in total.